The van der Waals surface area contributed by atoms with Crippen molar-refractivity contribution in [2.75, 3.05) is 26.5 Å². The normalized spacial score (nSPS) is 12.1. The molecule has 1 unspecified atom stereocenters. The lowest BCUT2D eigenvalue weighted by Gasteiger charge is -2.17. The molecule has 0 aliphatic carbocycles. The van der Waals surface area contributed by atoms with Crippen LogP contribution in [0, 0.1) is 5.92 Å². The van der Waals surface area contributed by atoms with Crippen LogP contribution < -0.4 is 16.2 Å². The zero-order valence-corrected chi connectivity index (χ0v) is 23.0. The second kappa shape index (κ2) is 13.4. The first-order valence-corrected chi connectivity index (χ1v) is 12.8. The van der Waals surface area contributed by atoms with E-state index in [9.17, 15) is 19.2 Å². The Bertz CT molecular complexity index is 1400. The summed E-state index contributed by atoms with van der Waals surface area (Å²) in [6, 6.07) is 6.11. The number of hydrogen-bond acceptors (Lipinski definition) is 6. The summed E-state index contributed by atoms with van der Waals surface area (Å²) in [6.07, 6.45) is 7.11. The van der Waals surface area contributed by atoms with Crippen molar-refractivity contribution in [3.63, 3.8) is 0 Å². The lowest BCUT2D eigenvalue weighted by molar-refractivity contribution is -0.123. The second-order valence-corrected chi connectivity index (χ2v) is 9.87. The number of amides is 3. The Kier molecular flexibility index (Phi) is 10.0. The standard InChI is InChI=1S/C28H36N6O5/c1-18(2)15-19-12-13-29-23-16-20(30-25(19)23)17-34-14-8-10-22(27(34)37)31-26(36)21(32-28(38)39-5)9-6-7-11-24(35)33(3)4/h7-8,10-14,16,18,21,30H,6,9,15,17H2,1-5H3,(H,31,36)(H,32,38)/b11-7+. The number of carbonyl (C=O) groups is 3. The summed E-state index contributed by atoms with van der Waals surface area (Å²) in [6.45, 7) is 4.57. The van der Waals surface area contributed by atoms with Crippen LogP contribution >= 0.6 is 0 Å². The van der Waals surface area contributed by atoms with Gasteiger partial charge in [0.25, 0.3) is 5.56 Å². The first kappa shape index (κ1) is 29.2. The van der Waals surface area contributed by atoms with Gasteiger partial charge in [0.1, 0.15) is 11.7 Å². The van der Waals surface area contributed by atoms with Gasteiger partial charge >= 0.3 is 6.09 Å². The molecule has 3 aromatic rings. The summed E-state index contributed by atoms with van der Waals surface area (Å²) >= 11 is 0. The number of nitrogens with zero attached hydrogens (tertiary/aromatic N) is 3. The van der Waals surface area contributed by atoms with Gasteiger partial charge < -0.3 is 29.8 Å². The minimum atomic E-state index is -0.983. The number of anilines is 1. The quantitative estimate of drug-likeness (QED) is 0.322. The van der Waals surface area contributed by atoms with E-state index in [1.54, 1.807) is 38.6 Å². The summed E-state index contributed by atoms with van der Waals surface area (Å²) < 4.78 is 6.12. The molecule has 3 N–H and O–H groups in total. The van der Waals surface area contributed by atoms with Gasteiger partial charge in [0.2, 0.25) is 11.8 Å². The smallest absolute Gasteiger partial charge is 0.407 e. The summed E-state index contributed by atoms with van der Waals surface area (Å²) in [5.41, 5.74) is 3.44. The van der Waals surface area contributed by atoms with Crippen LogP contribution in [-0.2, 0) is 27.3 Å². The molecule has 3 rings (SSSR count). The van der Waals surface area contributed by atoms with E-state index >= 15 is 0 Å². The van der Waals surface area contributed by atoms with Crippen molar-refractivity contribution < 1.29 is 19.1 Å². The average molecular weight is 537 g/mol. The Morgan fingerprint density at radius 3 is 2.69 bits per heavy atom. The molecule has 0 bridgehead atoms. The van der Waals surface area contributed by atoms with E-state index in [4.69, 9.17) is 0 Å². The van der Waals surface area contributed by atoms with Gasteiger partial charge in [0.15, 0.2) is 0 Å². The number of ether oxygens (including phenoxy) is 1. The van der Waals surface area contributed by atoms with Crippen LogP contribution in [-0.4, -0.2) is 64.6 Å². The van der Waals surface area contributed by atoms with Crippen LogP contribution in [0.2, 0.25) is 0 Å². The number of nitrogens with one attached hydrogen (secondary N) is 3. The summed E-state index contributed by atoms with van der Waals surface area (Å²) in [5.74, 6) is -0.279. The number of pyridine rings is 2. The zero-order chi connectivity index (χ0) is 28.5. The Morgan fingerprint density at radius 1 is 1.23 bits per heavy atom. The number of hydrogen-bond donors (Lipinski definition) is 3. The number of carbonyl (C=O) groups excluding carboxylic acids is 3. The molecule has 1 atom stereocenters. The number of rotatable bonds is 11. The molecule has 0 saturated carbocycles. The molecule has 39 heavy (non-hydrogen) atoms. The highest BCUT2D eigenvalue weighted by atomic mass is 16.5. The average Bonchev–Trinajstić information content (AvgIpc) is 3.31. The van der Waals surface area contributed by atoms with Crippen molar-refractivity contribution in [3.8, 4) is 0 Å². The van der Waals surface area contributed by atoms with Gasteiger partial charge in [-0.3, -0.25) is 19.4 Å². The van der Waals surface area contributed by atoms with E-state index < -0.39 is 23.6 Å². The van der Waals surface area contributed by atoms with Crippen LogP contribution in [0.1, 0.15) is 37.9 Å². The topological polar surface area (TPSA) is 138 Å². The monoisotopic (exact) mass is 536 g/mol. The number of aromatic nitrogens is 3. The Balaban J connectivity index is 1.75. The van der Waals surface area contributed by atoms with Crippen LogP contribution in [0.25, 0.3) is 11.0 Å². The third-order valence-corrected chi connectivity index (χ3v) is 6.03. The van der Waals surface area contributed by atoms with Crippen molar-refractivity contribution in [1.29, 1.82) is 0 Å². The molecule has 0 aliphatic rings. The Labute approximate surface area is 227 Å². The van der Waals surface area contributed by atoms with E-state index in [2.05, 4.69) is 39.2 Å². The molecule has 0 fully saturated rings. The summed E-state index contributed by atoms with van der Waals surface area (Å²) in [7, 11) is 4.46. The zero-order valence-electron chi connectivity index (χ0n) is 23.0. The minimum Gasteiger partial charge on any atom is -0.453 e. The molecule has 11 nitrogen and oxygen atoms in total. The maximum absolute atomic E-state index is 13.2. The lowest BCUT2D eigenvalue weighted by Crippen LogP contribution is -2.44. The predicted molar refractivity (Wildman–Crippen MR) is 149 cm³/mol. The molecule has 11 heteroatoms. The van der Waals surface area contributed by atoms with Crippen LogP contribution in [0.15, 0.2) is 53.6 Å². The summed E-state index contributed by atoms with van der Waals surface area (Å²) in [5, 5.41) is 5.11. The van der Waals surface area contributed by atoms with Gasteiger partial charge in [0.05, 0.1) is 24.7 Å². The number of methoxy groups -OCH3 is 1. The first-order valence-electron chi connectivity index (χ1n) is 12.8. The highest BCUT2D eigenvalue weighted by molar-refractivity contribution is 5.96. The van der Waals surface area contributed by atoms with Crippen molar-refractivity contribution in [2.45, 2.75) is 45.7 Å². The van der Waals surface area contributed by atoms with Crippen molar-refractivity contribution >= 4 is 34.6 Å². The van der Waals surface area contributed by atoms with E-state index in [0.717, 1.165) is 23.1 Å². The second-order valence-electron chi connectivity index (χ2n) is 9.87. The fourth-order valence-electron chi connectivity index (χ4n) is 4.06. The largest absolute Gasteiger partial charge is 0.453 e. The summed E-state index contributed by atoms with van der Waals surface area (Å²) in [4.78, 5) is 59.0. The van der Waals surface area contributed by atoms with Gasteiger partial charge in [0, 0.05) is 32.2 Å². The molecule has 0 saturated heterocycles. The number of aromatic amines is 1. The maximum atomic E-state index is 13.2. The highest BCUT2D eigenvalue weighted by Gasteiger charge is 2.22. The fourth-order valence-corrected chi connectivity index (χ4v) is 4.06. The van der Waals surface area contributed by atoms with Crippen LogP contribution in [0.5, 0.6) is 0 Å². The van der Waals surface area contributed by atoms with Gasteiger partial charge in [-0.25, -0.2) is 4.79 Å². The van der Waals surface area contributed by atoms with Gasteiger partial charge in [-0.2, -0.15) is 0 Å². The molecular formula is C28H36N6O5. The van der Waals surface area contributed by atoms with Crippen LogP contribution in [0.3, 0.4) is 0 Å². The van der Waals surface area contributed by atoms with E-state index in [1.165, 1.54) is 34.3 Å². The maximum Gasteiger partial charge on any atom is 0.407 e. The number of alkyl carbamates (subject to hydrolysis) is 1. The highest BCUT2D eigenvalue weighted by Crippen LogP contribution is 2.20. The molecule has 0 aromatic carbocycles. The third kappa shape index (κ3) is 8.03. The van der Waals surface area contributed by atoms with Crippen molar-refractivity contribution in [2.24, 2.45) is 5.92 Å². The number of H-pyrrole nitrogens is 1. The SMILES string of the molecule is COC(=O)NC(CC/C=C/C(=O)N(C)C)C(=O)Nc1cccn(Cc2cc3nccc(CC(C)C)c3[nH]2)c1=O. The Morgan fingerprint density at radius 2 is 2.00 bits per heavy atom. The molecule has 3 heterocycles. The van der Waals surface area contributed by atoms with E-state index in [0.29, 0.717) is 12.3 Å². The van der Waals surface area contributed by atoms with E-state index in [-0.39, 0.29) is 24.6 Å². The van der Waals surface area contributed by atoms with Gasteiger partial charge in [-0.05, 0) is 61.1 Å². The van der Waals surface area contributed by atoms with Crippen LogP contribution in [0.4, 0.5) is 10.5 Å². The molecule has 0 aliphatic heterocycles. The predicted octanol–water partition coefficient (Wildman–Crippen LogP) is 3.06. The number of fused-ring (bicyclic) bond motifs is 1. The molecule has 0 radical (unpaired) electrons. The number of likely N-dealkylation sites (N-methyl/N-ethyl adjacent to an activating group) is 1. The molecule has 3 amide bonds. The van der Waals surface area contributed by atoms with Crippen molar-refractivity contribution in [3.05, 3.63) is 70.4 Å². The first-order chi connectivity index (χ1) is 18.6. The van der Waals surface area contributed by atoms with Gasteiger partial charge in [-0.15, -0.1) is 0 Å². The number of allylic oxidation sites excluding steroid dienone is 1. The van der Waals surface area contributed by atoms with Gasteiger partial charge in [-0.1, -0.05) is 19.9 Å². The van der Waals surface area contributed by atoms with E-state index in [1.807, 2.05) is 12.1 Å². The Hall–Kier alpha value is -4.41. The molecule has 208 valence electrons. The minimum absolute atomic E-state index is 0.0761. The third-order valence-electron chi connectivity index (χ3n) is 6.03. The lowest BCUT2D eigenvalue weighted by atomic mass is 10.0. The molecule has 3 aromatic heterocycles. The fraction of sp³-hybridized carbons (Fsp3) is 0.393. The molecular weight excluding hydrogens is 500 g/mol. The van der Waals surface area contributed by atoms with Crippen molar-refractivity contribution in [1.82, 2.24) is 24.8 Å². The molecule has 0 spiro atoms.